The number of nitrogens with one attached hydrogen (secondary N) is 1. The van der Waals surface area contributed by atoms with Gasteiger partial charge in [0.25, 0.3) is 0 Å². The van der Waals surface area contributed by atoms with Gasteiger partial charge in [0, 0.05) is 22.8 Å². The van der Waals surface area contributed by atoms with E-state index in [9.17, 15) is 15.2 Å². The van der Waals surface area contributed by atoms with E-state index in [4.69, 9.17) is 11.6 Å². The van der Waals surface area contributed by atoms with Crippen molar-refractivity contribution in [1.82, 2.24) is 4.98 Å². The van der Waals surface area contributed by atoms with Crippen molar-refractivity contribution in [2.75, 3.05) is 5.43 Å². The lowest BCUT2D eigenvalue weighted by Gasteiger charge is -2.03. The summed E-state index contributed by atoms with van der Waals surface area (Å²) in [5.74, 6) is 0.0380. The zero-order valence-electron chi connectivity index (χ0n) is 10.3. The highest BCUT2D eigenvalue weighted by molar-refractivity contribution is 14.1. The number of aromatic hydroxyl groups is 1. The zero-order valence-corrected chi connectivity index (χ0v) is 13.2. The van der Waals surface area contributed by atoms with E-state index in [0.717, 1.165) is 0 Å². The van der Waals surface area contributed by atoms with Crippen LogP contribution in [0.4, 0.5) is 11.5 Å². The molecule has 2 N–H and O–H groups in total. The van der Waals surface area contributed by atoms with E-state index in [-0.39, 0.29) is 17.3 Å². The van der Waals surface area contributed by atoms with E-state index in [1.165, 1.54) is 30.6 Å². The van der Waals surface area contributed by atoms with Crippen LogP contribution in [-0.4, -0.2) is 21.2 Å². The molecule has 108 valence electrons. The fourth-order valence-electron chi connectivity index (χ4n) is 1.48. The molecule has 21 heavy (non-hydrogen) atoms. The number of aromatic nitrogens is 1. The summed E-state index contributed by atoms with van der Waals surface area (Å²) in [6.07, 6.45) is 2.71. The molecule has 0 fully saturated rings. The Hall–Kier alpha value is -1.94. The molecular formula is C12H8ClIN4O3. The van der Waals surface area contributed by atoms with Crippen molar-refractivity contribution < 1.29 is 10.0 Å². The largest absolute Gasteiger partial charge is 0.506 e. The lowest BCUT2D eigenvalue weighted by Crippen LogP contribution is -1.99. The predicted octanol–water partition coefficient (Wildman–Crippen LogP) is 3.40. The number of hydrogen-bond acceptors (Lipinski definition) is 6. The minimum Gasteiger partial charge on any atom is -0.506 e. The summed E-state index contributed by atoms with van der Waals surface area (Å²) in [6, 6.07) is 5.89. The number of benzene rings is 1. The summed E-state index contributed by atoms with van der Waals surface area (Å²) in [4.78, 5) is 14.1. The molecule has 0 saturated carbocycles. The van der Waals surface area contributed by atoms with Gasteiger partial charge in [0.2, 0.25) is 5.82 Å². The third-order valence-corrected chi connectivity index (χ3v) is 3.46. The van der Waals surface area contributed by atoms with E-state index in [1.54, 1.807) is 6.07 Å². The van der Waals surface area contributed by atoms with Gasteiger partial charge in [0.05, 0.1) is 14.7 Å². The fraction of sp³-hybridized carbons (Fsp3) is 0. The van der Waals surface area contributed by atoms with Gasteiger partial charge in [-0.3, -0.25) is 15.5 Å². The van der Waals surface area contributed by atoms with Crippen LogP contribution in [0.3, 0.4) is 0 Å². The summed E-state index contributed by atoms with van der Waals surface area (Å²) in [7, 11) is 0. The highest BCUT2D eigenvalue weighted by Gasteiger charge is 2.13. The fourth-order valence-corrected chi connectivity index (χ4v) is 2.54. The molecule has 2 rings (SSSR count). The second kappa shape index (κ2) is 6.68. The van der Waals surface area contributed by atoms with Crippen LogP contribution in [0.5, 0.6) is 5.75 Å². The van der Waals surface area contributed by atoms with Crippen molar-refractivity contribution in [3.05, 3.63) is 54.7 Å². The first-order valence-corrected chi connectivity index (χ1v) is 7.01. The van der Waals surface area contributed by atoms with Crippen molar-refractivity contribution in [1.29, 1.82) is 0 Å². The SMILES string of the molecule is O=[N+]([O-])c1cccnc1N/N=C/c1cc(Cl)cc(I)c1O. The molecular weight excluding hydrogens is 411 g/mol. The summed E-state index contributed by atoms with van der Waals surface area (Å²) >= 11 is 7.82. The normalized spacial score (nSPS) is 10.8. The third-order valence-electron chi connectivity index (χ3n) is 2.41. The maximum Gasteiger partial charge on any atom is 0.313 e. The van der Waals surface area contributed by atoms with Gasteiger partial charge in [0.15, 0.2) is 0 Å². The van der Waals surface area contributed by atoms with Gasteiger partial charge in [-0.05, 0) is 40.8 Å². The number of anilines is 1. The van der Waals surface area contributed by atoms with Crippen LogP contribution in [0.1, 0.15) is 5.56 Å². The van der Waals surface area contributed by atoms with Gasteiger partial charge in [-0.1, -0.05) is 11.6 Å². The van der Waals surface area contributed by atoms with E-state index in [1.807, 2.05) is 22.6 Å². The summed E-state index contributed by atoms with van der Waals surface area (Å²) < 4.78 is 0.574. The number of halogens is 2. The molecule has 0 radical (unpaired) electrons. The lowest BCUT2D eigenvalue weighted by atomic mass is 10.2. The summed E-state index contributed by atoms with van der Waals surface area (Å²) in [5, 5.41) is 24.9. The summed E-state index contributed by atoms with van der Waals surface area (Å²) in [5.41, 5.74) is 2.66. The molecule has 9 heteroatoms. The van der Waals surface area contributed by atoms with Crippen LogP contribution in [0.15, 0.2) is 35.6 Å². The molecule has 2 aromatic rings. The number of hydrazone groups is 1. The van der Waals surface area contributed by atoms with E-state index in [2.05, 4.69) is 15.5 Å². The Morgan fingerprint density at radius 1 is 1.52 bits per heavy atom. The van der Waals surface area contributed by atoms with Crippen LogP contribution in [0, 0.1) is 13.7 Å². The number of phenols is 1. The smallest absolute Gasteiger partial charge is 0.313 e. The molecule has 0 aliphatic rings. The lowest BCUT2D eigenvalue weighted by molar-refractivity contribution is -0.384. The van der Waals surface area contributed by atoms with E-state index >= 15 is 0 Å². The number of hydrogen-bond donors (Lipinski definition) is 2. The Kier molecular flexibility index (Phi) is 4.91. The molecule has 0 aliphatic heterocycles. The standard InChI is InChI=1S/C12H8ClIN4O3/c13-8-4-7(11(19)9(14)5-8)6-16-17-12-10(18(20)21)2-1-3-15-12/h1-6,19H,(H,15,17)/b16-6+. The minimum absolute atomic E-state index is 0.00923. The zero-order chi connectivity index (χ0) is 15.4. The third kappa shape index (κ3) is 3.79. The molecule has 0 bridgehead atoms. The molecule has 0 unspecified atom stereocenters. The minimum atomic E-state index is -0.565. The highest BCUT2D eigenvalue weighted by Crippen LogP contribution is 2.27. The number of rotatable bonds is 4. The maximum absolute atomic E-state index is 10.8. The number of nitro groups is 1. The highest BCUT2D eigenvalue weighted by atomic mass is 127. The average Bonchev–Trinajstić information content (AvgIpc) is 2.44. The topological polar surface area (TPSA) is 101 Å². The van der Waals surface area contributed by atoms with Crippen molar-refractivity contribution >= 4 is 51.9 Å². The van der Waals surface area contributed by atoms with Gasteiger partial charge in [-0.2, -0.15) is 5.10 Å². The molecule has 0 saturated heterocycles. The van der Waals surface area contributed by atoms with Crippen LogP contribution >= 0.6 is 34.2 Å². The second-order valence-electron chi connectivity index (χ2n) is 3.82. The van der Waals surface area contributed by atoms with Crippen molar-refractivity contribution in [3.8, 4) is 5.75 Å². The van der Waals surface area contributed by atoms with Crippen LogP contribution in [0.2, 0.25) is 5.02 Å². The molecule has 7 nitrogen and oxygen atoms in total. The molecule has 1 aromatic heterocycles. The number of nitrogens with zero attached hydrogens (tertiary/aromatic N) is 3. The number of phenolic OH excluding ortho intramolecular Hbond substituents is 1. The van der Waals surface area contributed by atoms with E-state index < -0.39 is 4.92 Å². The van der Waals surface area contributed by atoms with Crippen molar-refractivity contribution in [2.45, 2.75) is 0 Å². The first-order chi connectivity index (χ1) is 9.99. The Balaban J connectivity index is 2.23. The van der Waals surface area contributed by atoms with Gasteiger partial charge < -0.3 is 5.11 Å². The quantitative estimate of drug-likeness (QED) is 0.343. The van der Waals surface area contributed by atoms with Crippen LogP contribution in [-0.2, 0) is 0 Å². The summed E-state index contributed by atoms with van der Waals surface area (Å²) in [6.45, 7) is 0. The molecule has 1 heterocycles. The van der Waals surface area contributed by atoms with Gasteiger partial charge in [0.1, 0.15) is 5.75 Å². The maximum atomic E-state index is 10.8. The monoisotopic (exact) mass is 418 g/mol. The molecule has 0 atom stereocenters. The number of pyridine rings is 1. The Morgan fingerprint density at radius 2 is 2.29 bits per heavy atom. The van der Waals surface area contributed by atoms with E-state index in [0.29, 0.717) is 14.2 Å². The van der Waals surface area contributed by atoms with Crippen LogP contribution < -0.4 is 5.43 Å². The van der Waals surface area contributed by atoms with Crippen molar-refractivity contribution in [2.24, 2.45) is 5.10 Å². The Bertz CT molecular complexity index is 724. The van der Waals surface area contributed by atoms with Gasteiger partial charge in [-0.25, -0.2) is 4.98 Å². The Labute approximate surface area is 138 Å². The van der Waals surface area contributed by atoms with Gasteiger partial charge in [-0.15, -0.1) is 0 Å². The molecule has 1 aromatic carbocycles. The molecule has 0 amide bonds. The first-order valence-electron chi connectivity index (χ1n) is 5.55. The first kappa shape index (κ1) is 15.4. The second-order valence-corrected chi connectivity index (χ2v) is 5.42. The van der Waals surface area contributed by atoms with Crippen molar-refractivity contribution in [3.63, 3.8) is 0 Å². The van der Waals surface area contributed by atoms with Gasteiger partial charge >= 0.3 is 5.69 Å². The average molecular weight is 419 g/mol. The predicted molar refractivity (Wildman–Crippen MR) is 87.9 cm³/mol. The van der Waals surface area contributed by atoms with Crippen LogP contribution in [0.25, 0.3) is 0 Å². The Morgan fingerprint density at radius 3 is 3.00 bits per heavy atom. The molecule has 0 spiro atoms. The molecule has 0 aliphatic carbocycles.